The Morgan fingerprint density at radius 1 is 1.06 bits per heavy atom. The summed E-state index contributed by atoms with van der Waals surface area (Å²) in [5.74, 6) is 1.74. The number of carbonyl (C=O) groups excluding carboxylic acids is 1. The molecule has 2 aliphatic rings. The second-order valence-electron chi connectivity index (χ2n) is 7.24. The fraction of sp³-hybridized carbons (Fsp3) is 0.280. The number of thioether (sulfide) groups is 1. The average molecular weight is 467 g/mol. The van der Waals surface area contributed by atoms with Gasteiger partial charge in [-0.25, -0.2) is 9.79 Å². The van der Waals surface area contributed by atoms with E-state index < -0.39 is 0 Å². The van der Waals surface area contributed by atoms with E-state index in [1.54, 1.807) is 14.0 Å². The Morgan fingerprint density at radius 2 is 1.79 bits per heavy atom. The molecule has 2 aromatic rings. The number of amidine groups is 1. The molecule has 0 fully saturated rings. The van der Waals surface area contributed by atoms with Gasteiger partial charge >= 0.3 is 5.97 Å². The molecular formula is C25H26N2O5S. The summed E-state index contributed by atoms with van der Waals surface area (Å²) in [4.78, 5) is 19.3. The zero-order valence-corrected chi connectivity index (χ0v) is 19.6. The van der Waals surface area contributed by atoms with Gasteiger partial charge in [0.2, 0.25) is 0 Å². The first-order valence-corrected chi connectivity index (χ1v) is 11.6. The van der Waals surface area contributed by atoms with Gasteiger partial charge in [0.05, 0.1) is 31.0 Å². The summed E-state index contributed by atoms with van der Waals surface area (Å²) in [6, 6.07) is 14.9. The Labute approximate surface area is 197 Å². The van der Waals surface area contributed by atoms with Gasteiger partial charge in [0.1, 0.15) is 19.0 Å². The Kier molecular flexibility index (Phi) is 7.24. The normalized spacial score (nSPS) is 16.9. The largest absolute Gasteiger partial charge is 0.493 e. The number of hydrogen-bond donors (Lipinski definition) is 0. The van der Waals surface area contributed by atoms with Crippen molar-refractivity contribution in [3.63, 3.8) is 0 Å². The number of ether oxygens (including phenoxy) is 4. The minimum atomic E-state index is -0.345. The predicted octanol–water partition coefficient (Wildman–Crippen LogP) is 4.92. The highest BCUT2D eigenvalue weighted by molar-refractivity contribution is 8.16. The fourth-order valence-corrected chi connectivity index (χ4v) is 4.49. The molecule has 7 nitrogen and oxygen atoms in total. The number of benzene rings is 2. The van der Waals surface area contributed by atoms with Crippen molar-refractivity contribution in [3.05, 3.63) is 77.0 Å². The highest BCUT2D eigenvalue weighted by Gasteiger charge is 2.37. The Morgan fingerprint density at radius 3 is 2.52 bits per heavy atom. The summed E-state index contributed by atoms with van der Waals surface area (Å²) >= 11 is 1.53. The number of para-hydroxylation sites is 2. The molecule has 172 valence electrons. The van der Waals surface area contributed by atoms with Gasteiger partial charge < -0.3 is 23.8 Å². The third-order valence-corrected chi connectivity index (χ3v) is 5.96. The predicted molar refractivity (Wildman–Crippen MR) is 129 cm³/mol. The summed E-state index contributed by atoms with van der Waals surface area (Å²) < 4.78 is 22.2. The zero-order valence-electron chi connectivity index (χ0n) is 18.8. The summed E-state index contributed by atoms with van der Waals surface area (Å²) in [5.41, 5.74) is 2.18. The molecule has 0 N–H and O–H groups in total. The molecule has 0 bridgehead atoms. The maximum Gasteiger partial charge on any atom is 0.338 e. The van der Waals surface area contributed by atoms with E-state index in [0.717, 1.165) is 16.5 Å². The smallest absolute Gasteiger partial charge is 0.338 e. The van der Waals surface area contributed by atoms with Gasteiger partial charge in [-0.2, -0.15) is 0 Å². The van der Waals surface area contributed by atoms with Gasteiger partial charge in [-0.3, -0.25) is 0 Å². The highest BCUT2D eigenvalue weighted by atomic mass is 32.2. The molecule has 33 heavy (non-hydrogen) atoms. The molecule has 0 spiro atoms. The van der Waals surface area contributed by atoms with Gasteiger partial charge in [0.25, 0.3) is 0 Å². The minimum Gasteiger partial charge on any atom is -0.493 e. The third-order valence-electron chi connectivity index (χ3n) is 5.19. The van der Waals surface area contributed by atoms with Crippen LogP contribution in [0.15, 0.2) is 76.4 Å². The van der Waals surface area contributed by atoms with Crippen LogP contribution in [-0.2, 0) is 9.53 Å². The standard InChI is InChI=1S/C25H26N2O5S/c1-4-30-24(28)22-17(2)26-25-27(13-16-33-25)23(22)18-9-11-19(12-10-18)31-14-15-32-21-8-6-5-7-20(21)29-3/h5-13,16,23H,4,14-15H2,1-3H3/t23-/m0/s1. The number of carbonyl (C=O) groups is 1. The van der Waals surface area contributed by atoms with E-state index in [4.69, 9.17) is 18.9 Å². The van der Waals surface area contributed by atoms with Crippen molar-refractivity contribution in [2.45, 2.75) is 19.9 Å². The fourth-order valence-electron chi connectivity index (χ4n) is 3.69. The van der Waals surface area contributed by atoms with Gasteiger partial charge in [0, 0.05) is 6.20 Å². The van der Waals surface area contributed by atoms with Crippen LogP contribution >= 0.6 is 11.8 Å². The number of methoxy groups -OCH3 is 1. The van der Waals surface area contributed by atoms with E-state index in [-0.39, 0.29) is 12.0 Å². The molecule has 2 aromatic carbocycles. The molecule has 8 heteroatoms. The molecule has 0 aliphatic carbocycles. The van der Waals surface area contributed by atoms with Crippen LogP contribution in [0.2, 0.25) is 0 Å². The molecule has 0 saturated heterocycles. The Balaban J connectivity index is 1.43. The van der Waals surface area contributed by atoms with Crippen LogP contribution < -0.4 is 14.2 Å². The molecular weight excluding hydrogens is 440 g/mol. The lowest BCUT2D eigenvalue weighted by Crippen LogP contribution is -2.34. The lowest BCUT2D eigenvalue weighted by atomic mass is 9.95. The van der Waals surface area contributed by atoms with Gasteiger partial charge in [0.15, 0.2) is 16.7 Å². The monoisotopic (exact) mass is 466 g/mol. The lowest BCUT2D eigenvalue weighted by molar-refractivity contribution is -0.139. The SMILES string of the molecule is CCOC(=O)C1=C(C)N=C2SC=CN2[C@H]1c1ccc(OCCOc2ccccc2OC)cc1. The first-order chi connectivity index (χ1) is 16.1. The quantitative estimate of drug-likeness (QED) is 0.384. The average Bonchev–Trinajstić information content (AvgIpc) is 3.30. The maximum absolute atomic E-state index is 12.7. The maximum atomic E-state index is 12.7. The van der Waals surface area contributed by atoms with Crippen LogP contribution in [0.5, 0.6) is 17.2 Å². The van der Waals surface area contributed by atoms with Crippen LogP contribution in [0.1, 0.15) is 25.5 Å². The van der Waals surface area contributed by atoms with Gasteiger partial charge in [-0.1, -0.05) is 36.0 Å². The van der Waals surface area contributed by atoms with Crippen LogP contribution in [0, 0.1) is 0 Å². The molecule has 1 atom stereocenters. The van der Waals surface area contributed by atoms with E-state index in [1.165, 1.54) is 11.8 Å². The van der Waals surface area contributed by atoms with Crippen LogP contribution in [-0.4, -0.2) is 43.0 Å². The highest BCUT2D eigenvalue weighted by Crippen LogP contribution is 2.41. The second kappa shape index (κ2) is 10.5. The molecule has 0 aromatic heterocycles. The van der Waals surface area contributed by atoms with E-state index in [0.29, 0.717) is 42.6 Å². The van der Waals surface area contributed by atoms with Crippen molar-refractivity contribution in [1.82, 2.24) is 4.90 Å². The number of fused-ring (bicyclic) bond motifs is 1. The van der Waals surface area contributed by atoms with Crippen LogP contribution in [0.4, 0.5) is 0 Å². The third kappa shape index (κ3) is 5.01. The zero-order chi connectivity index (χ0) is 23.2. The van der Waals surface area contributed by atoms with Crippen molar-refractivity contribution in [1.29, 1.82) is 0 Å². The summed E-state index contributed by atoms with van der Waals surface area (Å²) in [6.45, 7) is 4.73. The van der Waals surface area contributed by atoms with Crippen molar-refractivity contribution in [2.75, 3.05) is 26.9 Å². The molecule has 0 amide bonds. The minimum absolute atomic E-state index is 0.300. The number of aliphatic imine (C=N–C) groups is 1. The van der Waals surface area contributed by atoms with Crippen molar-refractivity contribution in [3.8, 4) is 17.2 Å². The lowest BCUT2D eigenvalue weighted by Gasteiger charge is -2.33. The van der Waals surface area contributed by atoms with E-state index in [1.807, 2.05) is 72.0 Å². The molecule has 2 heterocycles. The Bertz CT molecular complexity index is 1090. The first-order valence-electron chi connectivity index (χ1n) is 10.7. The van der Waals surface area contributed by atoms with E-state index in [2.05, 4.69) is 4.99 Å². The van der Waals surface area contributed by atoms with Gasteiger partial charge in [-0.15, -0.1) is 0 Å². The van der Waals surface area contributed by atoms with Gasteiger partial charge in [-0.05, 0) is 49.1 Å². The number of allylic oxidation sites excluding steroid dienone is 1. The van der Waals surface area contributed by atoms with E-state index >= 15 is 0 Å². The number of hydrogen-bond acceptors (Lipinski definition) is 8. The van der Waals surface area contributed by atoms with Crippen molar-refractivity contribution in [2.24, 2.45) is 4.99 Å². The molecule has 4 rings (SSSR count). The second-order valence-corrected chi connectivity index (χ2v) is 8.12. The molecule has 2 aliphatic heterocycles. The summed E-state index contributed by atoms with van der Waals surface area (Å²) in [7, 11) is 1.61. The number of nitrogens with zero attached hydrogens (tertiary/aromatic N) is 2. The van der Waals surface area contributed by atoms with Crippen LogP contribution in [0.3, 0.4) is 0 Å². The van der Waals surface area contributed by atoms with Crippen molar-refractivity contribution < 1.29 is 23.7 Å². The summed E-state index contributed by atoms with van der Waals surface area (Å²) in [5, 5.41) is 2.81. The van der Waals surface area contributed by atoms with E-state index in [9.17, 15) is 4.79 Å². The summed E-state index contributed by atoms with van der Waals surface area (Å²) in [6.07, 6.45) is 1.94. The van der Waals surface area contributed by atoms with Crippen LogP contribution in [0.25, 0.3) is 0 Å². The molecule has 0 saturated carbocycles. The first kappa shape index (κ1) is 22.8. The number of esters is 1. The molecule has 0 radical (unpaired) electrons. The molecule has 0 unspecified atom stereocenters. The topological polar surface area (TPSA) is 69.6 Å². The number of rotatable bonds is 9. The van der Waals surface area contributed by atoms with Crippen molar-refractivity contribution >= 4 is 22.9 Å². The Hall–Kier alpha value is -3.39.